The normalized spacial score (nSPS) is 11.7. The fraction of sp³-hybridized carbons (Fsp3) is 0.0476. The molecule has 1 heterocycles. The molecule has 0 N–H and O–H groups in total. The molecular weight excluding hydrogens is 280 g/mol. The Morgan fingerprint density at radius 2 is 1.13 bits per heavy atom. The van der Waals surface area contributed by atoms with Gasteiger partial charge in [0.1, 0.15) is 0 Å². The van der Waals surface area contributed by atoms with Crippen molar-refractivity contribution in [3.63, 3.8) is 0 Å². The Bertz CT molecular complexity index is 1220. The number of para-hydroxylation sites is 2. The summed E-state index contributed by atoms with van der Waals surface area (Å²) in [6.45, 7) is 2.13. The molecule has 2 heteroatoms. The maximum atomic E-state index is 4.92. The molecule has 4 aromatic carbocycles. The number of benzene rings is 4. The minimum absolute atomic E-state index is 0.941. The summed E-state index contributed by atoms with van der Waals surface area (Å²) in [5, 5.41) is 4.82. The van der Waals surface area contributed by atoms with Crippen LogP contribution in [0.4, 0.5) is 0 Å². The van der Waals surface area contributed by atoms with E-state index in [1.54, 1.807) is 0 Å². The number of rotatable bonds is 0. The molecule has 1 aromatic heterocycles. The van der Waals surface area contributed by atoms with Crippen LogP contribution in [-0.4, -0.2) is 9.97 Å². The first-order valence-electron chi connectivity index (χ1n) is 7.79. The van der Waals surface area contributed by atoms with Gasteiger partial charge in [0.2, 0.25) is 0 Å². The van der Waals surface area contributed by atoms with E-state index in [9.17, 15) is 0 Å². The Balaban J connectivity index is 2.15. The summed E-state index contributed by atoms with van der Waals surface area (Å²) in [6.07, 6.45) is 0. The average Bonchev–Trinajstić information content (AvgIpc) is 2.60. The topological polar surface area (TPSA) is 25.8 Å². The summed E-state index contributed by atoms with van der Waals surface area (Å²) in [6, 6.07) is 23.1. The van der Waals surface area contributed by atoms with Crippen LogP contribution in [0.15, 0.2) is 66.7 Å². The van der Waals surface area contributed by atoms with E-state index in [4.69, 9.17) is 9.97 Å². The summed E-state index contributed by atoms with van der Waals surface area (Å²) in [7, 11) is 0. The van der Waals surface area contributed by atoms with Crippen LogP contribution in [0.2, 0.25) is 0 Å². The lowest BCUT2D eigenvalue weighted by Crippen LogP contribution is -1.91. The second-order valence-electron chi connectivity index (χ2n) is 6.00. The van der Waals surface area contributed by atoms with E-state index in [0.29, 0.717) is 0 Å². The molecule has 0 saturated heterocycles. The summed E-state index contributed by atoms with van der Waals surface area (Å²) in [5.41, 5.74) is 5.11. The first-order valence-corrected chi connectivity index (χ1v) is 7.79. The maximum Gasteiger partial charge on any atom is 0.0979 e. The third-order valence-corrected chi connectivity index (χ3v) is 4.47. The van der Waals surface area contributed by atoms with Crippen molar-refractivity contribution < 1.29 is 0 Å². The monoisotopic (exact) mass is 294 g/mol. The van der Waals surface area contributed by atoms with Crippen molar-refractivity contribution in [3.05, 3.63) is 72.3 Å². The van der Waals surface area contributed by atoms with Gasteiger partial charge in [-0.2, -0.15) is 0 Å². The zero-order valence-electron chi connectivity index (χ0n) is 12.7. The van der Waals surface area contributed by atoms with Crippen LogP contribution >= 0.6 is 0 Å². The van der Waals surface area contributed by atoms with Crippen LogP contribution in [0.1, 0.15) is 5.56 Å². The van der Waals surface area contributed by atoms with Gasteiger partial charge in [-0.1, -0.05) is 60.2 Å². The lowest BCUT2D eigenvalue weighted by atomic mass is 9.98. The van der Waals surface area contributed by atoms with Gasteiger partial charge in [0.05, 0.1) is 22.1 Å². The summed E-state index contributed by atoms with van der Waals surface area (Å²) in [5.74, 6) is 0. The van der Waals surface area contributed by atoms with E-state index in [0.717, 1.165) is 22.1 Å². The fourth-order valence-corrected chi connectivity index (χ4v) is 3.39. The Morgan fingerprint density at radius 1 is 0.565 bits per heavy atom. The van der Waals surface area contributed by atoms with Gasteiger partial charge in [-0.25, -0.2) is 9.97 Å². The molecule has 0 fully saturated rings. The van der Waals surface area contributed by atoms with Gasteiger partial charge in [-0.05, 0) is 29.8 Å². The molecule has 0 spiro atoms. The van der Waals surface area contributed by atoms with Gasteiger partial charge < -0.3 is 0 Å². The van der Waals surface area contributed by atoms with Crippen molar-refractivity contribution in [2.75, 3.05) is 0 Å². The third kappa shape index (κ3) is 1.75. The molecule has 108 valence electrons. The molecule has 0 aliphatic carbocycles. The van der Waals surface area contributed by atoms with Crippen LogP contribution in [0.5, 0.6) is 0 Å². The Hall–Kier alpha value is -3.00. The minimum atomic E-state index is 0.941. The highest BCUT2D eigenvalue weighted by atomic mass is 14.8. The van der Waals surface area contributed by atoms with Crippen LogP contribution < -0.4 is 0 Å². The van der Waals surface area contributed by atoms with Crippen LogP contribution in [0.3, 0.4) is 0 Å². The van der Waals surface area contributed by atoms with Crippen LogP contribution in [0.25, 0.3) is 43.6 Å². The first kappa shape index (κ1) is 12.5. The van der Waals surface area contributed by atoms with Gasteiger partial charge in [0.15, 0.2) is 0 Å². The minimum Gasteiger partial charge on any atom is -0.244 e. The van der Waals surface area contributed by atoms with Crippen molar-refractivity contribution in [2.45, 2.75) is 6.92 Å². The molecule has 5 rings (SSSR count). The Morgan fingerprint density at radius 3 is 1.83 bits per heavy atom. The number of nitrogens with zero attached hydrogens (tertiary/aromatic N) is 2. The van der Waals surface area contributed by atoms with E-state index in [-0.39, 0.29) is 0 Å². The SMILES string of the molecule is Cc1ccc2c(c1)c1ccccc1c1nc3ccccc3nc21. The predicted molar refractivity (Wildman–Crippen MR) is 96.8 cm³/mol. The zero-order chi connectivity index (χ0) is 15.4. The number of fused-ring (bicyclic) bond motifs is 7. The third-order valence-electron chi connectivity index (χ3n) is 4.47. The van der Waals surface area contributed by atoms with Crippen molar-refractivity contribution in [1.82, 2.24) is 9.97 Å². The van der Waals surface area contributed by atoms with Gasteiger partial charge in [0.25, 0.3) is 0 Å². The van der Waals surface area contributed by atoms with Crippen LogP contribution in [-0.2, 0) is 0 Å². The quantitative estimate of drug-likeness (QED) is 0.282. The second-order valence-corrected chi connectivity index (χ2v) is 6.00. The van der Waals surface area contributed by atoms with E-state index >= 15 is 0 Å². The van der Waals surface area contributed by atoms with Crippen molar-refractivity contribution in [2.24, 2.45) is 0 Å². The molecule has 0 unspecified atom stereocenters. The maximum absolute atomic E-state index is 4.92. The van der Waals surface area contributed by atoms with E-state index in [1.165, 1.54) is 27.1 Å². The lowest BCUT2D eigenvalue weighted by Gasteiger charge is -2.10. The van der Waals surface area contributed by atoms with Gasteiger partial charge >= 0.3 is 0 Å². The first-order chi connectivity index (χ1) is 11.3. The van der Waals surface area contributed by atoms with Crippen molar-refractivity contribution in [1.29, 1.82) is 0 Å². The molecule has 0 aliphatic heterocycles. The smallest absolute Gasteiger partial charge is 0.0979 e. The number of aromatic nitrogens is 2. The summed E-state index contributed by atoms with van der Waals surface area (Å²) < 4.78 is 0. The zero-order valence-corrected chi connectivity index (χ0v) is 12.7. The van der Waals surface area contributed by atoms with Gasteiger partial charge in [0, 0.05) is 10.8 Å². The van der Waals surface area contributed by atoms with E-state index in [2.05, 4.69) is 49.4 Å². The largest absolute Gasteiger partial charge is 0.244 e. The standard InChI is InChI=1S/C21H14N2/c1-13-10-11-16-17(12-13)14-6-2-3-7-15(14)20-21(16)23-19-9-5-4-8-18(19)22-20/h2-12H,1H3. The average molecular weight is 294 g/mol. The van der Waals surface area contributed by atoms with Gasteiger partial charge in [-0.15, -0.1) is 0 Å². The van der Waals surface area contributed by atoms with Crippen molar-refractivity contribution in [3.8, 4) is 0 Å². The molecule has 0 radical (unpaired) electrons. The molecule has 0 amide bonds. The molecule has 0 aliphatic rings. The van der Waals surface area contributed by atoms with Gasteiger partial charge in [-0.3, -0.25) is 0 Å². The molecule has 5 aromatic rings. The number of aryl methyl sites for hydroxylation is 1. The fourth-order valence-electron chi connectivity index (χ4n) is 3.39. The highest BCUT2D eigenvalue weighted by molar-refractivity contribution is 6.23. The van der Waals surface area contributed by atoms with E-state index < -0.39 is 0 Å². The van der Waals surface area contributed by atoms with E-state index in [1.807, 2.05) is 24.3 Å². The molecule has 23 heavy (non-hydrogen) atoms. The molecule has 2 nitrogen and oxygen atoms in total. The molecular formula is C21H14N2. The summed E-state index contributed by atoms with van der Waals surface area (Å²) >= 11 is 0. The summed E-state index contributed by atoms with van der Waals surface area (Å²) in [4.78, 5) is 9.84. The highest BCUT2D eigenvalue weighted by Gasteiger charge is 2.11. The molecule has 0 bridgehead atoms. The number of hydrogen-bond donors (Lipinski definition) is 0. The van der Waals surface area contributed by atoms with Crippen molar-refractivity contribution >= 4 is 43.6 Å². The Labute approximate surface area is 133 Å². The van der Waals surface area contributed by atoms with Crippen LogP contribution in [0, 0.1) is 6.92 Å². The second kappa shape index (κ2) is 4.50. The molecule has 0 atom stereocenters. The number of hydrogen-bond acceptors (Lipinski definition) is 2. The highest BCUT2D eigenvalue weighted by Crippen LogP contribution is 2.34. The lowest BCUT2D eigenvalue weighted by molar-refractivity contribution is 1.41. The predicted octanol–water partition coefficient (Wildman–Crippen LogP) is 5.40. The molecule has 0 saturated carbocycles. The Kier molecular flexibility index (Phi) is 2.45.